The number of sulfonamides is 1. The molecule has 9 nitrogen and oxygen atoms in total. The highest BCUT2D eigenvalue weighted by Gasteiger charge is 2.64. The molecule has 3 saturated carbocycles. The van der Waals surface area contributed by atoms with Crippen LogP contribution in [0.2, 0.25) is 0 Å². The Morgan fingerprint density at radius 3 is 2.36 bits per heavy atom. The largest absolute Gasteiger partial charge is 0.478 e. The van der Waals surface area contributed by atoms with Crippen molar-refractivity contribution in [3.8, 4) is 17.1 Å². The monoisotopic (exact) mass is 572 g/mol. The second-order valence-corrected chi connectivity index (χ2v) is 12.9. The summed E-state index contributed by atoms with van der Waals surface area (Å²) in [6, 6.07) is 12.4. The molecule has 0 spiro atoms. The third-order valence-electron chi connectivity index (χ3n) is 7.60. The average molecular weight is 573 g/mol. The van der Waals surface area contributed by atoms with Gasteiger partial charge in [0.05, 0.1) is 16.2 Å². The summed E-state index contributed by atoms with van der Waals surface area (Å²) in [5.74, 6) is -1.20. The molecule has 2 bridgehead atoms. The first-order chi connectivity index (χ1) is 17.9. The number of benzene rings is 2. The lowest BCUT2D eigenvalue weighted by Crippen LogP contribution is -2.61. The van der Waals surface area contributed by atoms with Gasteiger partial charge in [0.25, 0.3) is 10.0 Å². The van der Waals surface area contributed by atoms with Gasteiger partial charge in [-0.2, -0.15) is 4.98 Å². The standard InChI is InChI=1S/C28H32N4O5S.ClH/c1-17-6-4-7-18(2)24(17)22-11-23(37-13-20(29)12-28-14-27(3,15-28)16-28)31-26(30-22)32-38(35,36)21-9-5-8-19(10-21)25(33)34;/h4-11,20H,12-16,29H2,1-3H3,(H,33,34)(H,30,31,32);1H/t20-,27?,28?;/m1./s1. The maximum atomic E-state index is 13.1. The molecular formula is C28H33ClN4O5S. The van der Waals surface area contributed by atoms with Gasteiger partial charge in [-0.05, 0) is 79.7 Å². The fourth-order valence-corrected chi connectivity index (χ4v) is 7.44. The highest BCUT2D eigenvalue weighted by atomic mass is 35.5. The predicted octanol–water partition coefficient (Wildman–Crippen LogP) is 4.97. The number of nitrogens with zero attached hydrogens (tertiary/aromatic N) is 2. The molecular weight excluding hydrogens is 540 g/mol. The molecule has 208 valence electrons. The smallest absolute Gasteiger partial charge is 0.335 e. The van der Waals surface area contributed by atoms with E-state index >= 15 is 0 Å². The van der Waals surface area contributed by atoms with Crippen LogP contribution >= 0.6 is 12.4 Å². The number of aromatic nitrogens is 2. The van der Waals surface area contributed by atoms with Crippen molar-refractivity contribution in [2.45, 2.75) is 57.4 Å². The number of rotatable bonds is 10. The third-order valence-corrected chi connectivity index (χ3v) is 8.93. The Morgan fingerprint density at radius 1 is 1.10 bits per heavy atom. The minimum Gasteiger partial charge on any atom is -0.478 e. The Hall–Kier alpha value is -3.21. The van der Waals surface area contributed by atoms with Crippen LogP contribution in [0.1, 0.15) is 54.1 Å². The summed E-state index contributed by atoms with van der Waals surface area (Å²) < 4.78 is 34.6. The molecule has 0 saturated heterocycles. The van der Waals surface area contributed by atoms with Gasteiger partial charge in [-0.3, -0.25) is 0 Å². The van der Waals surface area contributed by atoms with Crippen molar-refractivity contribution >= 4 is 34.3 Å². The Balaban J connectivity index is 0.00000353. The summed E-state index contributed by atoms with van der Waals surface area (Å²) in [7, 11) is -4.18. The Bertz CT molecular complexity index is 1490. The number of anilines is 1. The molecule has 3 aliphatic rings. The van der Waals surface area contributed by atoms with Gasteiger partial charge < -0.3 is 15.6 Å². The summed E-state index contributed by atoms with van der Waals surface area (Å²) >= 11 is 0. The maximum Gasteiger partial charge on any atom is 0.335 e. The summed E-state index contributed by atoms with van der Waals surface area (Å²) in [6.07, 6.45) is 4.53. The Labute approximate surface area is 234 Å². The van der Waals surface area contributed by atoms with Gasteiger partial charge in [0.15, 0.2) is 0 Å². The number of carboxylic acid groups (broad SMARTS) is 1. The minimum absolute atomic E-state index is 0. The number of hydrogen-bond acceptors (Lipinski definition) is 7. The fraction of sp³-hybridized carbons (Fsp3) is 0.393. The van der Waals surface area contributed by atoms with Crippen molar-refractivity contribution in [1.82, 2.24) is 9.97 Å². The van der Waals surface area contributed by atoms with Crippen LogP contribution in [-0.2, 0) is 10.0 Å². The van der Waals surface area contributed by atoms with Gasteiger partial charge in [0.2, 0.25) is 11.8 Å². The third kappa shape index (κ3) is 5.88. The van der Waals surface area contributed by atoms with Crippen molar-refractivity contribution < 1.29 is 23.1 Å². The van der Waals surface area contributed by atoms with Crippen molar-refractivity contribution in [3.63, 3.8) is 0 Å². The van der Waals surface area contributed by atoms with Crippen molar-refractivity contribution in [2.24, 2.45) is 16.6 Å². The van der Waals surface area contributed by atoms with E-state index in [0.29, 0.717) is 16.5 Å². The zero-order chi connectivity index (χ0) is 27.3. The lowest BCUT2D eigenvalue weighted by atomic mass is 9.35. The van der Waals surface area contributed by atoms with Crippen LogP contribution in [0.25, 0.3) is 11.3 Å². The Kier molecular flexibility index (Phi) is 7.68. The second kappa shape index (κ2) is 10.4. The number of hydrogen-bond donors (Lipinski definition) is 3. The molecule has 0 amide bonds. The molecule has 6 rings (SSSR count). The fourth-order valence-electron chi connectivity index (χ4n) is 6.45. The van der Waals surface area contributed by atoms with Gasteiger partial charge in [0, 0.05) is 17.7 Å². The molecule has 0 aliphatic heterocycles. The topological polar surface area (TPSA) is 144 Å². The zero-order valence-electron chi connectivity index (χ0n) is 22.1. The van der Waals surface area contributed by atoms with Gasteiger partial charge in [-0.1, -0.05) is 31.2 Å². The molecule has 3 aliphatic carbocycles. The van der Waals surface area contributed by atoms with E-state index in [1.807, 2.05) is 32.0 Å². The van der Waals surface area contributed by atoms with E-state index < -0.39 is 16.0 Å². The SMILES string of the molecule is Cc1cccc(C)c1-c1cc(OC[C@H](N)CC23CC(C)(C2)C3)nc(NS(=O)(=O)c2cccc(C(=O)O)c2)n1.Cl. The number of carboxylic acids is 1. The molecule has 1 aromatic heterocycles. The van der Waals surface area contributed by atoms with Crippen LogP contribution in [0, 0.1) is 24.7 Å². The first kappa shape index (κ1) is 28.8. The maximum absolute atomic E-state index is 13.1. The van der Waals surface area contributed by atoms with Crippen LogP contribution in [0.15, 0.2) is 53.4 Å². The molecule has 0 radical (unpaired) electrons. The van der Waals surface area contributed by atoms with E-state index in [4.69, 9.17) is 10.5 Å². The lowest BCUT2D eigenvalue weighted by Gasteiger charge is -2.70. The van der Waals surface area contributed by atoms with E-state index in [1.165, 1.54) is 37.5 Å². The summed E-state index contributed by atoms with van der Waals surface area (Å²) in [5, 5.41) is 9.26. The highest BCUT2D eigenvalue weighted by molar-refractivity contribution is 7.92. The summed E-state index contributed by atoms with van der Waals surface area (Å²) in [4.78, 5) is 19.9. The predicted molar refractivity (Wildman–Crippen MR) is 151 cm³/mol. The van der Waals surface area contributed by atoms with E-state index in [1.54, 1.807) is 6.07 Å². The van der Waals surface area contributed by atoms with Crippen molar-refractivity contribution in [1.29, 1.82) is 0 Å². The van der Waals surface area contributed by atoms with Crippen molar-refractivity contribution in [3.05, 3.63) is 65.2 Å². The summed E-state index contributed by atoms with van der Waals surface area (Å²) in [5.41, 5.74) is 10.4. The number of nitrogens with two attached hydrogens (primary N) is 1. The molecule has 4 N–H and O–H groups in total. The van der Waals surface area contributed by atoms with Crippen LogP contribution in [0.5, 0.6) is 5.88 Å². The van der Waals surface area contributed by atoms with Crippen LogP contribution in [-0.4, -0.2) is 42.1 Å². The molecule has 3 fully saturated rings. The first-order valence-electron chi connectivity index (χ1n) is 12.6. The molecule has 39 heavy (non-hydrogen) atoms. The molecule has 11 heteroatoms. The van der Waals surface area contributed by atoms with Gasteiger partial charge in [-0.25, -0.2) is 22.9 Å². The van der Waals surface area contributed by atoms with Gasteiger partial charge in [0.1, 0.15) is 6.61 Å². The summed E-state index contributed by atoms with van der Waals surface area (Å²) in [6.45, 7) is 6.46. The van der Waals surface area contributed by atoms with Crippen molar-refractivity contribution in [2.75, 3.05) is 11.3 Å². The van der Waals surface area contributed by atoms with E-state index in [0.717, 1.165) is 29.2 Å². The Morgan fingerprint density at radius 2 is 1.74 bits per heavy atom. The zero-order valence-corrected chi connectivity index (χ0v) is 23.7. The number of aromatic carboxylic acids is 1. The number of carbonyl (C=O) groups is 1. The van der Waals surface area contributed by atoms with E-state index in [2.05, 4.69) is 21.6 Å². The molecule has 1 heterocycles. The second-order valence-electron chi connectivity index (χ2n) is 11.2. The van der Waals surface area contributed by atoms with E-state index in [9.17, 15) is 18.3 Å². The van der Waals surface area contributed by atoms with Crippen LogP contribution < -0.4 is 15.2 Å². The molecule has 2 aromatic carbocycles. The number of nitrogens with one attached hydrogen (secondary N) is 1. The quantitative estimate of drug-likeness (QED) is 0.309. The normalized spacial score (nSPS) is 22.1. The van der Waals surface area contributed by atoms with Gasteiger partial charge in [-0.15, -0.1) is 12.4 Å². The highest BCUT2D eigenvalue weighted by Crippen LogP contribution is 2.74. The van der Waals surface area contributed by atoms with Crippen LogP contribution in [0.4, 0.5) is 5.95 Å². The molecule has 3 aromatic rings. The van der Waals surface area contributed by atoms with Crippen LogP contribution in [0.3, 0.4) is 0 Å². The molecule has 0 unspecified atom stereocenters. The van der Waals surface area contributed by atoms with E-state index in [-0.39, 0.29) is 47.3 Å². The first-order valence-corrected chi connectivity index (χ1v) is 14.1. The lowest BCUT2D eigenvalue weighted by molar-refractivity contribution is -0.197. The minimum atomic E-state index is -4.18. The average Bonchev–Trinajstić information content (AvgIpc) is 2.81. The van der Waals surface area contributed by atoms with Gasteiger partial charge >= 0.3 is 5.97 Å². The number of aryl methyl sites for hydroxylation is 2. The number of halogens is 1. The number of ether oxygens (including phenoxy) is 1. The molecule has 1 atom stereocenters.